The Balaban J connectivity index is 2.01. The zero-order valence-corrected chi connectivity index (χ0v) is 10.9. The highest BCUT2D eigenvalue weighted by Crippen LogP contribution is 2.12. The standard InChI is InChI=1S/C12H17FN4O2/c1-12(18,5-6-19-2)8-14-11-15-10-4-3-9(13)7-17(10)16-11/h3-4,7,18H,5-6,8H2,1-2H3,(H,14,16). The Bertz CT molecular complexity index is 556. The molecular formula is C12H17FN4O2. The molecule has 2 rings (SSSR count). The highest BCUT2D eigenvalue weighted by atomic mass is 19.1. The van der Waals surface area contributed by atoms with Gasteiger partial charge in [-0.05, 0) is 19.1 Å². The highest BCUT2D eigenvalue weighted by molar-refractivity contribution is 5.43. The van der Waals surface area contributed by atoms with Gasteiger partial charge in [-0.1, -0.05) is 0 Å². The summed E-state index contributed by atoms with van der Waals surface area (Å²) in [6.45, 7) is 2.46. The maximum Gasteiger partial charge on any atom is 0.243 e. The van der Waals surface area contributed by atoms with Gasteiger partial charge >= 0.3 is 0 Å². The first kappa shape index (κ1) is 13.7. The highest BCUT2D eigenvalue weighted by Gasteiger charge is 2.20. The number of methoxy groups -OCH3 is 1. The van der Waals surface area contributed by atoms with Crippen LogP contribution >= 0.6 is 0 Å². The number of hydrogen-bond acceptors (Lipinski definition) is 5. The number of aromatic nitrogens is 3. The lowest BCUT2D eigenvalue weighted by atomic mass is 10.0. The van der Waals surface area contributed by atoms with Crippen LogP contribution in [0.2, 0.25) is 0 Å². The van der Waals surface area contributed by atoms with E-state index in [4.69, 9.17) is 4.74 Å². The fourth-order valence-corrected chi connectivity index (χ4v) is 1.61. The molecular weight excluding hydrogens is 251 g/mol. The lowest BCUT2D eigenvalue weighted by Crippen LogP contribution is -2.34. The topological polar surface area (TPSA) is 71.7 Å². The molecule has 2 N–H and O–H groups in total. The van der Waals surface area contributed by atoms with Crippen molar-refractivity contribution in [3.05, 3.63) is 24.1 Å². The van der Waals surface area contributed by atoms with Crippen LogP contribution in [-0.2, 0) is 4.74 Å². The number of fused-ring (bicyclic) bond motifs is 1. The number of nitrogens with one attached hydrogen (secondary N) is 1. The van der Waals surface area contributed by atoms with E-state index in [0.717, 1.165) is 0 Å². The number of pyridine rings is 1. The fraction of sp³-hybridized carbons (Fsp3) is 0.500. The molecule has 104 valence electrons. The van der Waals surface area contributed by atoms with Gasteiger partial charge in [0.1, 0.15) is 5.82 Å². The maximum absolute atomic E-state index is 13.0. The number of hydrogen-bond donors (Lipinski definition) is 2. The lowest BCUT2D eigenvalue weighted by Gasteiger charge is -2.22. The summed E-state index contributed by atoms with van der Waals surface area (Å²) in [7, 11) is 1.59. The van der Waals surface area contributed by atoms with E-state index in [9.17, 15) is 9.50 Å². The molecule has 1 atom stereocenters. The molecule has 1 unspecified atom stereocenters. The van der Waals surface area contributed by atoms with Crippen molar-refractivity contribution in [2.75, 3.05) is 25.6 Å². The van der Waals surface area contributed by atoms with Crippen molar-refractivity contribution >= 4 is 11.6 Å². The molecule has 19 heavy (non-hydrogen) atoms. The van der Waals surface area contributed by atoms with E-state index in [1.165, 1.54) is 22.8 Å². The molecule has 0 aliphatic rings. The minimum absolute atomic E-state index is 0.287. The summed E-state index contributed by atoms with van der Waals surface area (Å²) in [5.41, 5.74) is -0.376. The molecule has 0 aliphatic carbocycles. The quantitative estimate of drug-likeness (QED) is 0.820. The molecule has 6 nitrogen and oxygen atoms in total. The minimum Gasteiger partial charge on any atom is -0.388 e. The first-order valence-corrected chi connectivity index (χ1v) is 5.97. The van der Waals surface area contributed by atoms with Crippen molar-refractivity contribution in [2.24, 2.45) is 0 Å². The Morgan fingerprint density at radius 1 is 1.53 bits per heavy atom. The second kappa shape index (κ2) is 5.50. The number of ether oxygens (including phenoxy) is 1. The van der Waals surface area contributed by atoms with E-state index >= 15 is 0 Å². The summed E-state index contributed by atoms with van der Waals surface area (Å²) in [5, 5.41) is 17.1. The molecule has 0 bridgehead atoms. The predicted octanol–water partition coefficient (Wildman–Crippen LogP) is 1.07. The number of halogens is 1. The lowest BCUT2D eigenvalue weighted by molar-refractivity contribution is 0.0356. The van der Waals surface area contributed by atoms with E-state index in [0.29, 0.717) is 24.6 Å². The van der Waals surface area contributed by atoms with Crippen molar-refractivity contribution in [3.8, 4) is 0 Å². The van der Waals surface area contributed by atoms with Crippen LogP contribution < -0.4 is 5.32 Å². The molecule has 0 fully saturated rings. The molecule has 2 heterocycles. The monoisotopic (exact) mass is 268 g/mol. The Morgan fingerprint density at radius 2 is 2.32 bits per heavy atom. The van der Waals surface area contributed by atoms with Gasteiger partial charge in [0.2, 0.25) is 5.95 Å². The predicted molar refractivity (Wildman–Crippen MR) is 68.6 cm³/mol. The van der Waals surface area contributed by atoms with Gasteiger partial charge in [-0.3, -0.25) is 0 Å². The summed E-state index contributed by atoms with van der Waals surface area (Å²) in [4.78, 5) is 4.17. The summed E-state index contributed by atoms with van der Waals surface area (Å²) in [6.07, 6.45) is 1.75. The average Bonchev–Trinajstić information content (AvgIpc) is 2.76. The summed E-state index contributed by atoms with van der Waals surface area (Å²) in [6, 6.07) is 2.86. The summed E-state index contributed by atoms with van der Waals surface area (Å²) < 4.78 is 19.3. The first-order valence-electron chi connectivity index (χ1n) is 5.97. The zero-order chi connectivity index (χ0) is 13.9. The zero-order valence-electron chi connectivity index (χ0n) is 10.9. The van der Waals surface area contributed by atoms with E-state index < -0.39 is 5.60 Å². The van der Waals surface area contributed by atoms with Gasteiger partial charge in [0.15, 0.2) is 5.65 Å². The van der Waals surface area contributed by atoms with Crippen molar-refractivity contribution in [2.45, 2.75) is 18.9 Å². The van der Waals surface area contributed by atoms with Crippen LogP contribution in [0.4, 0.5) is 10.3 Å². The molecule has 0 radical (unpaired) electrons. The van der Waals surface area contributed by atoms with E-state index in [1.54, 1.807) is 14.0 Å². The van der Waals surface area contributed by atoms with Gasteiger partial charge in [0, 0.05) is 26.7 Å². The van der Waals surface area contributed by atoms with Crippen molar-refractivity contribution in [1.29, 1.82) is 0 Å². The molecule has 2 aromatic heterocycles. The Labute approximate surface area is 110 Å². The number of nitrogens with zero attached hydrogens (tertiary/aromatic N) is 3. The van der Waals surface area contributed by atoms with Crippen molar-refractivity contribution in [1.82, 2.24) is 14.6 Å². The van der Waals surface area contributed by atoms with Crippen LogP contribution in [0, 0.1) is 5.82 Å². The third kappa shape index (κ3) is 3.62. The van der Waals surface area contributed by atoms with Crippen LogP contribution in [0.15, 0.2) is 18.3 Å². The molecule has 0 amide bonds. The fourth-order valence-electron chi connectivity index (χ4n) is 1.61. The molecule has 0 spiro atoms. The summed E-state index contributed by atoms with van der Waals surface area (Å²) in [5.74, 6) is -0.0284. The first-order chi connectivity index (χ1) is 9.00. The van der Waals surface area contributed by atoms with Gasteiger partial charge in [-0.2, -0.15) is 4.98 Å². The number of anilines is 1. The SMILES string of the molecule is COCCC(C)(O)CNc1nc2ccc(F)cn2n1. The third-order valence-corrected chi connectivity index (χ3v) is 2.77. The Morgan fingerprint density at radius 3 is 3.05 bits per heavy atom. The molecule has 0 saturated carbocycles. The molecule has 0 aromatic carbocycles. The maximum atomic E-state index is 13.0. The third-order valence-electron chi connectivity index (χ3n) is 2.77. The average molecular weight is 268 g/mol. The largest absolute Gasteiger partial charge is 0.388 e. The van der Waals surface area contributed by atoms with Gasteiger partial charge < -0.3 is 15.2 Å². The van der Waals surface area contributed by atoms with Crippen molar-refractivity contribution < 1.29 is 14.2 Å². The van der Waals surface area contributed by atoms with Crippen LogP contribution in [0.5, 0.6) is 0 Å². The van der Waals surface area contributed by atoms with Crippen LogP contribution in [-0.4, -0.2) is 45.6 Å². The Hall–Kier alpha value is -1.73. The molecule has 0 aliphatic heterocycles. The number of rotatable bonds is 6. The number of aliphatic hydroxyl groups is 1. The van der Waals surface area contributed by atoms with Crippen molar-refractivity contribution in [3.63, 3.8) is 0 Å². The minimum atomic E-state index is -0.918. The second-order valence-electron chi connectivity index (χ2n) is 4.68. The van der Waals surface area contributed by atoms with Crippen LogP contribution in [0.25, 0.3) is 5.65 Å². The normalized spacial score (nSPS) is 14.5. The van der Waals surface area contributed by atoms with Crippen LogP contribution in [0.3, 0.4) is 0 Å². The van der Waals surface area contributed by atoms with E-state index in [1.807, 2.05) is 0 Å². The second-order valence-corrected chi connectivity index (χ2v) is 4.68. The van der Waals surface area contributed by atoms with Gasteiger partial charge in [0.05, 0.1) is 11.8 Å². The van der Waals surface area contributed by atoms with Crippen LogP contribution in [0.1, 0.15) is 13.3 Å². The van der Waals surface area contributed by atoms with E-state index in [-0.39, 0.29) is 12.4 Å². The molecule has 2 aromatic rings. The summed E-state index contributed by atoms with van der Waals surface area (Å²) >= 11 is 0. The Kier molecular flexibility index (Phi) is 3.96. The van der Waals surface area contributed by atoms with Gasteiger partial charge in [-0.15, -0.1) is 5.10 Å². The van der Waals surface area contributed by atoms with Gasteiger partial charge in [-0.25, -0.2) is 8.91 Å². The molecule has 7 heteroatoms. The molecule has 0 saturated heterocycles. The van der Waals surface area contributed by atoms with Gasteiger partial charge in [0.25, 0.3) is 0 Å². The van der Waals surface area contributed by atoms with E-state index in [2.05, 4.69) is 15.4 Å². The smallest absolute Gasteiger partial charge is 0.243 e.